The Labute approximate surface area is 163 Å². The van der Waals surface area contributed by atoms with Gasteiger partial charge in [0.2, 0.25) is 0 Å². The van der Waals surface area contributed by atoms with Crippen molar-refractivity contribution in [3.63, 3.8) is 0 Å². The molecule has 2 aliphatic carbocycles. The third kappa shape index (κ3) is 3.21. The quantitative estimate of drug-likeness (QED) is 0.748. The molecule has 1 saturated carbocycles. The lowest BCUT2D eigenvalue weighted by Crippen LogP contribution is -2.40. The first-order chi connectivity index (χ1) is 12.8. The van der Waals surface area contributed by atoms with Crippen molar-refractivity contribution in [2.24, 2.45) is 17.3 Å². The largest absolute Gasteiger partial charge is 0.496 e. The minimum atomic E-state index is 0.0585. The second-order valence-electron chi connectivity index (χ2n) is 9.04. The summed E-state index contributed by atoms with van der Waals surface area (Å²) >= 11 is 0. The number of fused-ring (bicyclic) bond motifs is 2. The molecule has 1 fully saturated rings. The number of carbonyl (C=O) groups excluding carboxylic acids is 1. The second-order valence-corrected chi connectivity index (χ2v) is 9.04. The maximum absolute atomic E-state index is 12.9. The van der Waals surface area contributed by atoms with Gasteiger partial charge in [-0.15, -0.1) is 0 Å². The molecule has 27 heavy (non-hydrogen) atoms. The zero-order valence-electron chi connectivity index (χ0n) is 17.9. The molecule has 0 aromatic heterocycles. The molecule has 0 unspecified atom stereocenters. The smallest absolute Gasteiger partial charge is 0.168 e. The minimum absolute atomic E-state index is 0.0585. The van der Waals surface area contributed by atoms with E-state index >= 15 is 0 Å². The first-order valence-corrected chi connectivity index (χ1v) is 10.1. The Morgan fingerprint density at radius 2 is 1.56 bits per heavy atom. The summed E-state index contributed by atoms with van der Waals surface area (Å²) in [5.41, 5.74) is 3.56. The number of hydrogen-bond donors (Lipinski definition) is 0. The molecule has 3 rings (SSSR count). The van der Waals surface area contributed by atoms with Crippen LogP contribution in [0.5, 0.6) is 17.2 Å². The molecular weight excluding hydrogens is 340 g/mol. The van der Waals surface area contributed by atoms with E-state index in [1.807, 2.05) is 0 Å². The standard InChI is InChI=1S/C23H34O4/c1-13(2)19-20(25-5)14-8-9-17-16(18(24)10-11-23(17,3)4)12-15(14)21(26-6)22(19)27-7/h13,16-17H,8-12H2,1-7H3/t16-,17-/m1/s1. The summed E-state index contributed by atoms with van der Waals surface area (Å²) in [5.74, 6) is 3.56. The van der Waals surface area contributed by atoms with Crippen LogP contribution in [0.2, 0.25) is 0 Å². The average Bonchev–Trinajstić information content (AvgIpc) is 2.83. The minimum Gasteiger partial charge on any atom is -0.496 e. The van der Waals surface area contributed by atoms with Crippen molar-refractivity contribution in [2.75, 3.05) is 21.3 Å². The summed E-state index contributed by atoms with van der Waals surface area (Å²) in [4.78, 5) is 12.9. The molecule has 0 bridgehead atoms. The van der Waals surface area contributed by atoms with Gasteiger partial charge in [0.15, 0.2) is 11.5 Å². The fraction of sp³-hybridized carbons (Fsp3) is 0.696. The highest BCUT2D eigenvalue weighted by Gasteiger charge is 2.45. The summed E-state index contributed by atoms with van der Waals surface area (Å²) in [5, 5.41) is 0. The highest BCUT2D eigenvalue weighted by molar-refractivity contribution is 5.83. The summed E-state index contributed by atoms with van der Waals surface area (Å²) in [6.07, 6.45) is 4.31. The van der Waals surface area contributed by atoms with Crippen LogP contribution in [0, 0.1) is 17.3 Å². The molecule has 1 aromatic carbocycles. The molecule has 0 radical (unpaired) electrons. The predicted molar refractivity (Wildman–Crippen MR) is 107 cm³/mol. The second kappa shape index (κ2) is 7.37. The van der Waals surface area contributed by atoms with Gasteiger partial charge >= 0.3 is 0 Å². The van der Waals surface area contributed by atoms with E-state index in [2.05, 4.69) is 27.7 Å². The number of ether oxygens (including phenoxy) is 3. The summed E-state index contributed by atoms with van der Waals surface area (Å²) in [6, 6.07) is 0. The Morgan fingerprint density at radius 1 is 0.926 bits per heavy atom. The molecular formula is C23H34O4. The van der Waals surface area contributed by atoms with Crippen molar-refractivity contribution >= 4 is 5.78 Å². The molecule has 0 saturated heterocycles. The molecule has 4 nitrogen and oxygen atoms in total. The van der Waals surface area contributed by atoms with E-state index in [-0.39, 0.29) is 17.3 Å². The van der Waals surface area contributed by atoms with Crippen LogP contribution in [0.25, 0.3) is 0 Å². The monoisotopic (exact) mass is 374 g/mol. The van der Waals surface area contributed by atoms with Crippen molar-refractivity contribution in [3.05, 3.63) is 16.7 Å². The third-order valence-electron chi connectivity index (χ3n) is 6.85. The first-order valence-electron chi connectivity index (χ1n) is 10.1. The Hall–Kier alpha value is -1.71. The molecule has 2 atom stereocenters. The molecule has 0 N–H and O–H groups in total. The van der Waals surface area contributed by atoms with Crippen molar-refractivity contribution < 1.29 is 19.0 Å². The maximum atomic E-state index is 12.9. The Morgan fingerprint density at radius 3 is 2.11 bits per heavy atom. The van der Waals surface area contributed by atoms with E-state index in [1.165, 1.54) is 5.56 Å². The maximum Gasteiger partial charge on any atom is 0.168 e. The SMILES string of the molecule is COc1c2c(c(OC)c(C(C)C)c1OC)CC[C@@H]1[C@@H](C2)C(=O)CCC1(C)C. The first kappa shape index (κ1) is 20.0. The molecule has 150 valence electrons. The number of carbonyl (C=O) groups is 1. The normalized spacial score (nSPS) is 24.1. The molecule has 4 heteroatoms. The number of Topliss-reactive ketones (excluding diaryl/α,β-unsaturated/α-hetero) is 1. The van der Waals surface area contributed by atoms with Crippen LogP contribution in [0.15, 0.2) is 0 Å². The molecule has 2 aliphatic rings. The van der Waals surface area contributed by atoms with Crippen LogP contribution < -0.4 is 14.2 Å². The van der Waals surface area contributed by atoms with Gasteiger partial charge in [-0.25, -0.2) is 0 Å². The molecule has 1 aromatic rings. The van der Waals surface area contributed by atoms with Crippen LogP contribution in [-0.2, 0) is 17.6 Å². The van der Waals surface area contributed by atoms with E-state index in [9.17, 15) is 4.79 Å². The van der Waals surface area contributed by atoms with E-state index < -0.39 is 0 Å². The van der Waals surface area contributed by atoms with Crippen LogP contribution in [-0.4, -0.2) is 27.1 Å². The number of ketones is 1. The topological polar surface area (TPSA) is 44.8 Å². The van der Waals surface area contributed by atoms with Gasteiger partial charge in [-0.05, 0) is 42.9 Å². The van der Waals surface area contributed by atoms with Crippen LogP contribution >= 0.6 is 0 Å². The fourth-order valence-electron chi connectivity index (χ4n) is 5.41. The van der Waals surface area contributed by atoms with Gasteiger partial charge in [0, 0.05) is 29.0 Å². The summed E-state index contributed by atoms with van der Waals surface area (Å²) in [7, 11) is 5.12. The van der Waals surface area contributed by atoms with Crippen molar-refractivity contribution in [2.45, 2.75) is 65.7 Å². The van der Waals surface area contributed by atoms with Crippen LogP contribution in [0.3, 0.4) is 0 Å². The van der Waals surface area contributed by atoms with Gasteiger partial charge in [0.05, 0.1) is 21.3 Å². The van der Waals surface area contributed by atoms with Gasteiger partial charge in [-0.2, -0.15) is 0 Å². The lowest BCUT2D eigenvalue weighted by molar-refractivity contribution is -0.131. The van der Waals surface area contributed by atoms with Gasteiger partial charge in [-0.3, -0.25) is 4.79 Å². The Bertz CT molecular complexity index is 733. The van der Waals surface area contributed by atoms with E-state index in [0.717, 1.165) is 54.1 Å². The average molecular weight is 375 g/mol. The zero-order valence-corrected chi connectivity index (χ0v) is 17.9. The lowest BCUT2D eigenvalue weighted by atomic mass is 9.61. The molecule has 0 spiro atoms. The van der Waals surface area contributed by atoms with Crippen LogP contribution in [0.1, 0.15) is 69.6 Å². The van der Waals surface area contributed by atoms with Gasteiger partial charge in [0.1, 0.15) is 11.5 Å². The Kier molecular flexibility index (Phi) is 5.47. The van der Waals surface area contributed by atoms with Crippen LogP contribution in [0.4, 0.5) is 0 Å². The van der Waals surface area contributed by atoms with E-state index in [1.54, 1.807) is 21.3 Å². The van der Waals surface area contributed by atoms with Gasteiger partial charge < -0.3 is 14.2 Å². The van der Waals surface area contributed by atoms with E-state index in [0.29, 0.717) is 18.1 Å². The predicted octanol–water partition coefficient (Wildman–Crippen LogP) is 4.95. The van der Waals surface area contributed by atoms with Gasteiger partial charge in [-0.1, -0.05) is 27.7 Å². The highest BCUT2D eigenvalue weighted by Crippen LogP contribution is 2.54. The molecule has 0 heterocycles. The Balaban J connectivity index is 2.23. The summed E-state index contributed by atoms with van der Waals surface area (Å²) < 4.78 is 17.6. The van der Waals surface area contributed by atoms with Gasteiger partial charge in [0.25, 0.3) is 0 Å². The van der Waals surface area contributed by atoms with Crippen molar-refractivity contribution in [3.8, 4) is 17.2 Å². The number of methoxy groups -OCH3 is 3. The summed E-state index contributed by atoms with van der Waals surface area (Å²) in [6.45, 7) is 8.94. The zero-order chi connectivity index (χ0) is 19.9. The fourth-order valence-corrected chi connectivity index (χ4v) is 5.41. The van der Waals surface area contributed by atoms with E-state index in [4.69, 9.17) is 14.2 Å². The number of benzene rings is 1. The number of rotatable bonds is 4. The lowest BCUT2D eigenvalue weighted by Gasteiger charge is -2.42. The highest BCUT2D eigenvalue weighted by atomic mass is 16.5. The molecule has 0 amide bonds. The molecule has 0 aliphatic heterocycles. The van der Waals surface area contributed by atoms with Crippen molar-refractivity contribution in [1.82, 2.24) is 0 Å². The third-order valence-corrected chi connectivity index (χ3v) is 6.85. The van der Waals surface area contributed by atoms with Crippen molar-refractivity contribution in [1.29, 1.82) is 0 Å². The number of hydrogen-bond acceptors (Lipinski definition) is 4.